The van der Waals surface area contributed by atoms with E-state index in [1.54, 1.807) is 12.1 Å². The Balaban J connectivity index is 1.96. The number of benzene rings is 1. The van der Waals surface area contributed by atoms with Gasteiger partial charge >= 0.3 is 6.36 Å². The van der Waals surface area contributed by atoms with Crippen LogP contribution in [-0.2, 0) is 6.54 Å². The predicted molar refractivity (Wildman–Crippen MR) is 69.1 cm³/mol. The summed E-state index contributed by atoms with van der Waals surface area (Å²) in [5.74, 6) is 0.848. The van der Waals surface area contributed by atoms with Crippen molar-refractivity contribution in [2.75, 3.05) is 6.54 Å². The molecule has 2 aliphatic heterocycles. The van der Waals surface area contributed by atoms with E-state index in [1.807, 2.05) is 0 Å². The fourth-order valence-electron chi connectivity index (χ4n) is 2.71. The first-order valence-corrected chi connectivity index (χ1v) is 6.73. The van der Waals surface area contributed by atoms with Crippen molar-refractivity contribution in [3.05, 3.63) is 23.8 Å². The van der Waals surface area contributed by atoms with Crippen LogP contribution in [0.25, 0.3) is 0 Å². The summed E-state index contributed by atoms with van der Waals surface area (Å²) in [5, 5.41) is 0. The van der Waals surface area contributed by atoms with Gasteiger partial charge in [-0.2, -0.15) is 0 Å². The van der Waals surface area contributed by atoms with E-state index in [4.69, 9.17) is 0 Å². The number of halogens is 3. The number of fused-ring (bicyclic) bond motifs is 2. The standard InChI is InChI=1S/C14H15F3N2O/c15-14(16,17)20-12-6-4-5-11-10(12)9-19-8-3-1-2-7-13(19)18-11/h4-6H,1-3,7-9H2. The van der Waals surface area contributed by atoms with Crippen molar-refractivity contribution in [2.45, 2.75) is 38.6 Å². The average Bonchev–Trinajstić information content (AvgIpc) is 2.59. The number of amidine groups is 1. The molecular weight excluding hydrogens is 269 g/mol. The molecule has 6 heteroatoms. The minimum absolute atomic E-state index is 0.137. The lowest BCUT2D eigenvalue weighted by Crippen LogP contribution is -2.32. The molecule has 0 saturated carbocycles. The summed E-state index contributed by atoms with van der Waals surface area (Å²) in [4.78, 5) is 6.58. The summed E-state index contributed by atoms with van der Waals surface area (Å²) >= 11 is 0. The Morgan fingerprint density at radius 1 is 1.15 bits per heavy atom. The number of nitrogens with zero attached hydrogens (tertiary/aromatic N) is 2. The van der Waals surface area contributed by atoms with Gasteiger partial charge in [0.05, 0.1) is 5.69 Å². The van der Waals surface area contributed by atoms with Gasteiger partial charge in [0.25, 0.3) is 0 Å². The smallest absolute Gasteiger partial charge is 0.405 e. The molecule has 0 N–H and O–H groups in total. The van der Waals surface area contributed by atoms with Gasteiger partial charge in [0, 0.05) is 25.1 Å². The highest BCUT2D eigenvalue weighted by Gasteiger charge is 2.33. The van der Waals surface area contributed by atoms with Crippen LogP contribution in [0, 0.1) is 0 Å². The Morgan fingerprint density at radius 2 is 2.00 bits per heavy atom. The van der Waals surface area contributed by atoms with Crippen LogP contribution in [0.2, 0.25) is 0 Å². The Hall–Kier alpha value is -1.72. The molecule has 3 rings (SSSR count). The summed E-state index contributed by atoms with van der Waals surface area (Å²) in [6.45, 7) is 1.29. The second-order valence-corrected chi connectivity index (χ2v) is 5.06. The SMILES string of the molecule is FC(F)(F)Oc1cccc2c1CN1CCCCCC1=N2. The van der Waals surface area contributed by atoms with Crippen molar-refractivity contribution in [1.29, 1.82) is 0 Å². The molecule has 20 heavy (non-hydrogen) atoms. The van der Waals surface area contributed by atoms with E-state index in [0.29, 0.717) is 17.8 Å². The topological polar surface area (TPSA) is 24.8 Å². The third kappa shape index (κ3) is 2.73. The highest BCUT2D eigenvalue weighted by molar-refractivity contribution is 5.87. The Morgan fingerprint density at radius 3 is 2.80 bits per heavy atom. The lowest BCUT2D eigenvalue weighted by Gasteiger charge is -2.30. The average molecular weight is 284 g/mol. The first-order chi connectivity index (χ1) is 9.53. The van der Waals surface area contributed by atoms with E-state index in [1.165, 1.54) is 6.07 Å². The number of aliphatic imine (C=N–C) groups is 1. The van der Waals surface area contributed by atoms with Crippen LogP contribution < -0.4 is 4.74 Å². The van der Waals surface area contributed by atoms with Gasteiger partial charge in [0.1, 0.15) is 11.6 Å². The van der Waals surface area contributed by atoms with Crippen molar-refractivity contribution in [2.24, 2.45) is 4.99 Å². The van der Waals surface area contributed by atoms with Gasteiger partial charge in [-0.15, -0.1) is 13.2 Å². The number of rotatable bonds is 1. The molecule has 2 heterocycles. The summed E-state index contributed by atoms with van der Waals surface area (Å²) < 4.78 is 41.4. The molecule has 0 aliphatic carbocycles. The summed E-state index contributed by atoms with van der Waals surface area (Å²) in [5.41, 5.74) is 1.12. The lowest BCUT2D eigenvalue weighted by atomic mass is 10.1. The van der Waals surface area contributed by atoms with Crippen molar-refractivity contribution in [1.82, 2.24) is 4.90 Å². The van der Waals surface area contributed by atoms with Gasteiger partial charge in [0.15, 0.2) is 0 Å². The van der Waals surface area contributed by atoms with Gasteiger partial charge in [-0.1, -0.05) is 12.5 Å². The monoisotopic (exact) mass is 284 g/mol. The fourth-order valence-corrected chi connectivity index (χ4v) is 2.71. The van der Waals surface area contributed by atoms with Gasteiger partial charge in [-0.3, -0.25) is 0 Å². The molecule has 0 spiro atoms. The van der Waals surface area contributed by atoms with Crippen molar-refractivity contribution >= 4 is 11.5 Å². The Kier molecular flexibility index (Phi) is 3.31. The van der Waals surface area contributed by atoms with Crippen LogP contribution >= 0.6 is 0 Å². The van der Waals surface area contributed by atoms with Gasteiger partial charge < -0.3 is 9.64 Å². The normalized spacial score (nSPS) is 18.8. The van der Waals surface area contributed by atoms with Gasteiger partial charge in [-0.05, 0) is 25.0 Å². The first kappa shape index (κ1) is 13.3. The molecule has 1 aromatic carbocycles. The Bertz CT molecular complexity index is 540. The van der Waals surface area contributed by atoms with Crippen LogP contribution in [0.1, 0.15) is 31.2 Å². The number of ether oxygens (including phenoxy) is 1. The largest absolute Gasteiger partial charge is 0.573 e. The molecule has 0 bridgehead atoms. The fraction of sp³-hybridized carbons (Fsp3) is 0.500. The molecule has 1 aromatic rings. The van der Waals surface area contributed by atoms with E-state index in [9.17, 15) is 13.2 Å². The zero-order valence-corrected chi connectivity index (χ0v) is 10.9. The van der Waals surface area contributed by atoms with Crippen molar-refractivity contribution < 1.29 is 17.9 Å². The maximum atomic E-state index is 12.4. The first-order valence-electron chi connectivity index (χ1n) is 6.73. The van der Waals surface area contributed by atoms with Gasteiger partial charge in [0.2, 0.25) is 0 Å². The number of hydrogen-bond acceptors (Lipinski definition) is 3. The lowest BCUT2D eigenvalue weighted by molar-refractivity contribution is -0.274. The van der Waals surface area contributed by atoms with E-state index in [0.717, 1.165) is 38.1 Å². The summed E-state index contributed by atoms with van der Waals surface area (Å²) in [7, 11) is 0. The summed E-state index contributed by atoms with van der Waals surface area (Å²) in [6.07, 6.45) is -0.500. The van der Waals surface area contributed by atoms with Gasteiger partial charge in [-0.25, -0.2) is 4.99 Å². The maximum absolute atomic E-state index is 12.4. The molecule has 2 aliphatic rings. The number of hydrogen-bond donors (Lipinski definition) is 0. The molecule has 0 amide bonds. The third-order valence-corrected chi connectivity index (χ3v) is 3.63. The molecular formula is C14H15F3N2O. The van der Waals surface area contributed by atoms with Crippen LogP contribution in [0.5, 0.6) is 5.75 Å². The van der Waals surface area contributed by atoms with Crippen LogP contribution in [0.15, 0.2) is 23.2 Å². The van der Waals surface area contributed by atoms with Crippen LogP contribution in [0.4, 0.5) is 18.9 Å². The molecule has 0 radical (unpaired) electrons. The van der Waals surface area contributed by atoms with E-state index in [2.05, 4.69) is 14.6 Å². The highest BCUT2D eigenvalue weighted by atomic mass is 19.4. The molecule has 0 atom stereocenters. The predicted octanol–water partition coefficient (Wildman–Crippen LogP) is 4.00. The van der Waals surface area contributed by atoms with Crippen molar-refractivity contribution in [3.8, 4) is 5.75 Å². The summed E-state index contributed by atoms with van der Waals surface area (Å²) in [6, 6.07) is 4.65. The van der Waals surface area contributed by atoms with E-state index < -0.39 is 6.36 Å². The third-order valence-electron chi connectivity index (χ3n) is 3.63. The molecule has 0 aromatic heterocycles. The molecule has 0 unspecified atom stereocenters. The van der Waals surface area contributed by atoms with E-state index >= 15 is 0 Å². The maximum Gasteiger partial charge on any atom is 0.573 e. The minimum Gasteiger partial charge on any atom is -0.405 e. The van der Waals surface area contributed by atoms with Crippen LogP contribution in [0.3, 0.4) is 0 Å². The number of alkyl halides is 3. The van der Waals surface area contributed by atoms with Crippen molar-refractivity contribution in [3.63, 3.8) is 0 Å². The molecule has 3 nitrogen and oxygen atoms in total. The van der Waals surface area contributed by atoms with Crippen LogP contribution in [-0.4, -0.2) is 23.6 Å². The highest BCUT2D eigenvalue weighted by Crippen LogP contribution is 2.37. The quantitative estimate of drug-likeness (QED) is 0.778. The Labute approximate surface area is 115 Å². The van der Waals surface area contributed by atoms with E-state index in [-0.39, 0.29) is 5.75 Å². The zero-order valence-electron chi connectivity index (χ0n) is 10.9. The zero-order chi connectivity index (χ0) is 14.2. The minimum atomic E-state index is -4.67. The molecule has 1 fully saturated rings. The second-order valence-electron chi connectivity index (χ2n) is 5.06. The molecule has 1 saturated heterocycles. The second kappa shape index (κ2) is 5.00. The molecule has 108 valence electrons.